The molecular formula is C23H25BrN2O4S. The largest absolute Gasteiger partial charge is 0.497 e. The molecule has 0 heterocycles. The Kier molecular flexibility index (Phi) is 7.72. The summed E-state index contributed by atoms with van der Waals surface area (Å²) < 4.78 is 33.1. The number of hydrogen-bond acceptors (Lipinski definition) is 5. The Balaban J connectivity index is 1.76. The molecular weight excluding hydrogens is 480 g/mol. The molecule has 3 aromatic rings. The zero-order chi connectivity index (χ0) is 22.4. The van der Waals surface area contributed by atoms with Crippen LogP contribution in [0.15, 0.2) is 82.2 Å². The molecule has 6 nitrogen and oxygen atoms in total. The van der Waals surface area contributed by atoms with E-state index in [-0.39, 0.29) is 24.1 Å². The van der Waals surface area contributed by atoms with Gasteiger partial charge in [-0.05, 0) is 57.4 Å². The number of aliphatic hydroxyl groups excluding tert-OH is 1. The molecule has 0 aliphatic rings. The highest BCUT2D eigenvalue weighted by molar-refractivity contribution is 9.10. The van der Waals surface area contributed by atoms with Gasteiger partial charge < -0.3 is 15.2 Å². The van der Waals surface area contributed by atoms with Gasteiger partial charge in [0, 0.05) is 23.8 Å². The Morgan fingerprint density at radius 1 is 1.06 bits per heavy atom. The Hall–Kier alpha value is -2.39. The Morgan fingerprint density at radius 2 is 1.74 bits per heavy atom. The third-order valence-corrected chi connectivity index (χ3v) is 7.38. The quantitative estimate of drug-likeness (QED) is 0.450. The average Bonchev–Trinajstić information content (AvgIpc) is 2.79. The SMILES string of the molecule is COc1ccc(CN(C)S(=O)(=O)c2ccc(N[C@H](CO)c3ccccc3)c(Br)c2)cc1. The van der Waals surface area contributed by atoms with E-state index in [1.54, 1.807) is 44.5 Å². The summed E-state index contributed by atoms with van der Waals surface area (Å²) in [7, 11) is -0.543. The van der Waals surface area contributed by atoms with Gasteiger partial charge in [-0.3, -0.25) is 0 Å². The van der Waals surface area contributed by atoms with Crippen molar-refractivity contribution in [1.82, 2.24) is 4.31 Å². The highest BCUT2D eigenvalue weighted by Gasteiger charge is 2.22. The fourth-order valence-corrected chi connectivity index (χ4v) is 4.96. The van der Waals surface area contributed by atoms with E-state index in [0.29, 0.717) is 10.2 Å². The number of methoxy groups -OCH3 is 1. The van der Waals surface area contributed by atoms with Crippen LogP contribution in [0, 0.1) is 0 Å². The first-order valence-corrected chi connectivity index (χ1v) is 11.9. The van der Waals surface area contributed by atoms with Gasteiger partial charge in [0.15, 0.2) is 0 Å². The number of nitrogens with one attached hydrogen (secondary N) is 1. The molecule has 0 bridgehead atoms. The van der Waals surface area contributed by atoms with Crippen LogP contribution in [-0.2, 0) is 16.6 Å². The Labute approximate surface area is 191 Å². The van der Waals surface area contributed by atoms with Crippen molar-refractivity contribution in [3.63, 3.8) is 0 Å². The lowest BCUT2D eigenvalue weighted by Gasteiger charge is -2.21. The summed E-state index contributed by atoms with van der Waals surface area (Å²) in [5, 5.41) is 13.0. The summed E-state index contributed by atoms with van der Waals surface area (Å²) in [5.74, 6) is 0.720. The molecule has 0 aromatic heterocycles. The summed E-state index contributed by atoms with van der Waals surface area (Å²) in [6, 6.07) is 21.4. The highest BCUT2D eigenvalue weighted by Crippen LogP contribution is 2.30. The van der Waals surface area contributed by atoms with Crippen LogP contribution in [0.5, 0.6) is 5.75 Å². The molecule has 0 saturated heterocycles. The van der Waals surface area contributed by atoms with Crippen molar-refractivity contribution in [2.75, 3.05) is 26.1 Å². The second-order valence-corrected chi connectivity index (χ2v) is 9.94. The first-order valence-electron chi connectivity index (χ1n) is 9.66. The van der Waals surface area contributed by atoms with E-state index in [2.05, 4.69) is 21.2 Å². The molecule has 164 valence electrons. The van der Waals surface area contributed by atoms with Crippen LogP contribution >= 0.6 is 15.9 Å². The van der Waals surface area contributed by atoms with Crippen molar-refractivity contribution in [2.45, 2.75) is 17.5 Å². The highest BCUT2D eigenvalue weighted by atomic mass is 79.9. The van der Waals surface area contributed by atoms with E-state index in [1.165, 1.54) is 4.31 Å². The molecule has 0 spiro atoms. The van der Waals surface area contributed by atoms with Gasteiger partial charge in [-0.25, -0.2) is 8.42 Å². The third-order valence-electron chi connectivity index (χ3n) is 4.93. The maximum Gasteiger partial charge on any atom is 0.243 e. The molecule has 0 amide bonds. The number of benzene rings is 3. The van der Waals surface area contributed by atoms with Crippen molar-refractivity contribution in [3.8, 4) is 5.75 Å². The summed E-state index contributed by atoms with van der Waals surface area (Å²) in [5.41, 5.74) is 2.49. The molecule has 3 aromatic carbocycles. The maximum atomic E-state index is 13.0. The van der Waals surface area contributed by atoms with E-state index in [9.17, 15) is 13.5 Å². The van der Waals surface area contributed by atoms with Crippen LogP contribution in [0.1, 0.15) is 17.2 Å². The minimum absolute atomic E-state index is 0.0961. The molecule has 3 rings (SSSR count). The number of ether oxygens (including phenoxy) is 1. The fraction of sp³-hybridized carbons (Fsp3) is 0.217. The van der Waals surface area contributed by atoms with Crippen LogP contribution in [0.4, 0.5) is 5.69 Å². The summed E-state index contributed by atoms with van der Waals surface area (Å²) in [6.07, 6.45) is 0. The maximum absolute atomic E-state index is 13.0. The summed E-state index contributed by atoms with van der Waals surface area (Å²) >= 11 is 3.46. The van der Waals surface area contributed by atoms with Gasteiger partial charge in [-0.2, -0.15) is 4.31 Å². The lowest BCUT2D eigenvalue weighted by molar-refractivity contribution is 0.276. The predicted molar refractivity (Wildman–Crippen MR) is 126 cm³/mol. The summed E-state index contributed by atoms with van der Waals surface area (Å²) in [4.78, 5) is 0.182. The lowest BCUT2D eigenvalue weighted by atomic mass is 10.1. The van der Waals surface area contributed by atoms with Gasteiger partial charge in [-0.1, -0.05) is 42.5 Å². The number of sulfonamides is 1. The van der Waals surface area contributed by atoms with Crippen molar-refractivity contribution in [3.05, 3.63) is 88.4 Å². The minimum atomic E-state index is -3.68. The van der Waals surface area contributed by atoms with Gasteiger partial charge in [0.1, 0.15) is 5.75 Å². The van der Waals surface area contributed by atoms with Crippen LogP contribution in [0.2, 0.25) is 0 Å². The van der Waals surface area contributed by atoms with Gasteiger partial charge in [0.05, 0.1) is 24.7 Å². The summed E-state index contributed by atoms with van der Waals surface area (Å²) in [6.45, 7) is 0.144. The average molecular weight is 505 g/mol. The van der Waals surface area contributed by atoms with Crippen LogP contribution in [0.3, 0.4) is 0 Å². The van der Waals surface area contributed by atoms with Gasteiger partial charge in [0.2, 0.25) is 10.0 Å². The molecule has 31 heavy (non-hydrogen) atoms. The van der Waals surface area contributed by atoms with Crippen molar-refractivity contribution >= 4 is 31.6 Å². The van der Waals surface area contributed by atoms with Crippen molar-refractivity contribution in [2.24, 2.45) is 0 Å². The molecule has 0 saturated carbocycles. The lowest BCUT2D eigenvalue weighted by Crippen LogP contribution is -2.26. The first-order chi connectivity index (χ1) is 14.8. The molecule has 2 N–H and O–H groups in total. The second-order valence-electron chi connectivity index (χ2n) is 7.04. The number of rotatable bonds is 9. The van der Waals surface area contributed by atoms with Crippen molar-refractivity contribution in [1.29, 1.82) is 0 Å². The predicted octanol–water partition coefficient (Wildman–Crippen LogP) is 4.42. The van der Waals surface area contributed by atoms with E-state index in [4.69, 9.17) is 4.74 Å². The normalized spacial score (nSPS) is 12.5. The molecule has 0 radical (unpaired) electrons. The first kappa shape index (κ1) is 23.3. The number of hydrogen-bond donors (Lipinski definition) is 2. The number of anilines is 1. The van der Waals surface area contributed by atoms with Crippen LogP contribution in [0.25, 0.3) is 0 Å². The smallest absolute Gasteiger partial charge is 0.243 e. The van der Waals surface area contributed by atoms with Gasteiger partial charge >= 0.3 is 0 Å². The second kappa shape index (κ2) is 10.3. The molecule has 1 atom stereocenters. The monoisotopic (exact) mass is 504 g/mol. The number of aliphatic hydroxyl groups is 1. The minimum Gasteiger partial charge on any atom is -0.497 e. The standard InChI is InChI=1S/C23H25BrN2O4S/c1-26(15-17-8-10-19(30-2)11-9-17)31(28,29)20-12-13-22(21(24)14-20)25-23(16-27)18-6-4-3-5-7-18/h3-14,23,25,27H,15-16H2,1-2H3/t23-/m1/s1. The fourth-order valence-electron chi connectivity index (χ4n) is 3.13. The molecule has 0 aliphatic carbocycles. The zero-order valence-corrected chi connectivity index (χ0v) is 19.7. The van der Waals surface area contributed by atoms with Crippen LogP contribution < -0.4 is 10.1 Å². The van der Waals surface area contributed by atoms with Crippen LogP contribution in [-0.4, -0.2) is 38.6 Å². The molecule has 0 unspecified atom stereocenters. The van der Waals surface area contributed by atoms with Crippen molar-refractivity contribution < 1.29 is 18.3 Å². The number of halogens is 1. The molecule has 8 heteroatoms. The Morgan fingerprint density at radius 3 is 2.32 bits per heavy atom. The van der Waals surface area contributed by atoms with Gasteiger partial charge in [-0.15, -0.1) is 0 Å². The molecule has 0 fully saturated rings. The third kappa shape index (κ3) is 5.65. The van der Waals surface area contributed by atoms with Gasteiger partial charge in [0.25, 0.3) is 0 Å². The number of nitrogens with zero attached hydrogens (tertiary/aromatic N) is 1. The van der Waals surface area contributed by atoms with E-state index < -0.39 is 10.0 Å². The molecule has 0 aliphatic heterocycles. The van der Waals surface area contributed by atoms with E-state index in [0.717, 1.165) is 16.9 Å². The topological polar surface area (TPSA) is 78.9 Å². The zero-order valence-electron chi connectivity index (χ0n) is 17.3. The Bertz CT molecular complexity index is 1110. The van der Waals surface area contributed by atoms with E-state index in [1.807, 2.05) is 42.5 Å². The van der Waals surface area contributed by atoms with E-state index >= 15 is 0 Å².